The summed E-state index contributed by atoms with van der Waals surface area (Å²) in [6, 6.07) is 3.99. The number of nitrogens with one attached hydrogen (secondary N) is 1. The van der Waals surface area contributed by atoms with Crippen molar-refractivity contribution in [2.75, 3.05) is 6.54 Å². The summed E-state index contributed by atoms with van der Waals surface area (Å²) in [5.74, 6) is -1.15. The first kappa shape index (κ1) is 14.2. The largest absolute Gasteiger partial charge is 0.481 e. The summed E-state index contributed by atoms with van der Waals surface area (Å²) >= 11 is 1.65. The molecule has 2 heterocycles. The molecule has 0 aliphatic carbocycles. The highest BCUT2D eigenvalue weighted by atomic mass is 32.1. The van der Waals surface area contributed by atoms with Crippen molar-refractivity contribution in [3.05, 3.63) is 34.3 Å². The van der Waals surface area contributed by atoms with E-state index in [4.69, 9.17) is 5.11 Å². The van der Waals surface area contributed by atoms with Crippen LogP contribution < -0.4 is 5.32 Å². The molecule has 0 spiro atoms. The maximum atomic E-state index is 11.7. The number of amides is 1. The Kier molecular flexibility index (Phi) is 4.83. The number of carbonyl (C=O) groups is 2. The van der Waals surface area contributed by atoms with Crippen LogP contribution in [0.2, 0.25) is 0 Å². The number of thiophene rings is 1. The summed E-state index contributed by atoms with van der Waals surface area (Å²) in [6.45, 7) is 0.604. The Labute approximate surface area is 119 Å². The highest BCUT2D eigenvalue weighted by Gasteiger charge is 2.08. The fourth-order valence-electron chi connectivity index (χ4n) is 1.63. The van der Waals surface area contributed by atoms with Gasteiger partial charge in [0.25, 0.3) is 0 Å². The summed E-state index contributed by atoms with van der Waals surface area (Å²) in [4.78, 5) is 23.4. The monoisotopic (exact) mass is 294 g/mol. The molecular weight excluding hydrogens is 280 g/mol. The molecule has 20 heavy (non-hydrogen) atoms. The number of hydrogen-bond acceptors (Lipinski definition) is 5. The van der Waals surface area contributed by atoms with Gasteiger partial charge in [-0.1, -0.05) is 11.3 Å². The van der Waals surface area contributed by atoms with Crippen LogP contribution in [-0.2, 0) is 29.0 Å². The number of aromatic nitrogens is 3. The Morgan fingerprint density at radius 3 is 3.00 bits per heavy atom. The van der Waals surface area contributed by atoms with Crippen LogP contribution in [0.3, 0.4) is 0 Å². The molecule has 7 nitrogen and oxygen atoms in total. The van der Waals surface area contributed by atoms with E-state index in [1.54, 1.807) is 11.3 Å². The predicted molar refractivity (Wildman–Crippen MR) is 72.4 cm³/mol. The van der Waals surface area contributed by atoms with Gasteiger partial charge in [0.15, 0.2) is 0 Å². The smallest absolute Gasteiger partial charge is 0.309 e. The number of rotatable bonds is 7. The molecule has 2 N–H and O–H groups in total. The fraction of sp³-hybridized carbons (Fsp3) is 0.333. The van der Waals surface area contributed by atoms with Crippen LogP contribution >= 0.6 is 11.3 Å². The summed E-state index contributed by atoms with van der Waals surface area (Å²) in [5, 5.41) is 20.8. The van der Waals surface area contributed by atoms with E-state index >= 15 is 0 Å². The van der Waals surface area contributed by atoms with Gasteiger partial charge in [-0.15, -0.1) is 16.4 Å². The van der Waals surface area contributed by atoms with Gasteiger partial charge in [0.1, 0.15) is 6.54 Å². The van der Waals surface area contributed by atoms with E-state index in [-0.39, 0.29) is 18.9 Å². The van der Waals surface area contributed by atoms with Gasteiger partial charge >= 0.3 is 5.97 Å². The van der Waals surface area contributed by atoms with Crippen molar-refractivity contribution >= 4 is 23.2 Å². The van der Waals surface area contributed by atoms with Gasteiger partial charge in [-0.05, 0) is 17.9 Å². The molecule has 0 fully saturated rings. The molecule has 0 bridgehead atoms. The molecule has 106 valence electrons. The van der Waals surface area contributed by atoms with Crippen molar-refractivity contribution in [2.24, 2.45) is 0 Å². The normalized spacial score (nSPS) is 10.4. The molecule has 2 aromatic heterocycles. The Morgan fingerprint density at radius 1 is 1.45 bits per heavy atom. The second kappa shape index (κ2) is 6.80. The van der Waals surface area contributed by atoms with E-state index < -0.39 is 5.97 Å². The second-order valence-corrected chi connectivity index (χ2v) is 5.19. The molecule has 0 saturated carbocycles. The third-order valence-electron chi connectivity index (χ3n) is 2.50. The molecular formula is C12H14N4O3S. The first-order chi connectivity index (χ1) is 9.63. The van der Waals surface area contributed by atoms with E-state index in [9.17, 15) is 9.59 Å². The highest BCUT2D eigenvalue weighted by molar-refractivity contribution is 7.09. The number of hydrogen-bond donors (Lipinski definition) is 2. The minimum Gasteiger partial charge on any atom is -0.481 e. The number of nitrogens with zero attached hydrogens (tertiary/aromatic N) is 3. The quantitative estimate of drug-likeness (QED) is 0.767. The van der Waals surface area contributed by atoms with E-state index in [1.165, 1.54) is 15.8 Å². The minimum atomic E-state index is -0.975. The van der Waals surface area contributed by atoms with Gasteiger partial charge in [-0.3, -0.25) is 9.59 Å². The number of carboxylic acids is 1. The molecule has 8 heteroatoms. The van der Waals surface area contributed by atoms with E-state index in [0.29, 0.717) is 12.2 Å². The lowest BCUT2D eigenvalue weighted by atomic mass is 10.3. The molecule has 0 aromatic carbocycles. The van der Waals surface area contributed by atoms with Crippen LogP contribution in [0, 0.1) is 0 Å². The first-order valence-electron chi connectivity index (χ1n) is 6.03. The zero-order chi connectivity index (χ0) is 14.4. The van der Waals surface area contributed by atoms with Gasteiger partial charge in [0.2, 0.25) is 5.91 Å². The molecule has 0 radical (unpaired) electrons. The van der Waals surface area contributed by atoms with E-state index in [2.05, 4.69) is 15.6 Å². The van der Waals surface area contributed by atoms with E-state index in [0.717, 1.165) is 6.42 Å². The van der Waals surface area contributed by atoms with Crippen LogP contribution in [-0.4, -0.2) is 38.5 Å². The van der Waals surface area contributed by atoms with Crippen LogP contribution in [0.5, 0.6) is 0 Å². The predicted octanol–water partition coefficient (Wildman–Crippen LogP) is 0.326. The third-order valence-corrected chi connectivity index (χ3v) is 3.43. The Bertz CT molecular complexity index is 579. The summed E-state index contributed by atoms with van der Waals surface area (Å²) < 4.78 is 1.33. The number of carboxylic acid groups (broad SMARTS) is 1. The topological polar surface area (TPSA) is 97.1 Å². The Hall–Kier alpha value is -2.22. The zero-order valence-electron chi connectivity index (χ0n) is 10.7. The van der Waals surface area contributed by atoms with Gasteiger partial charge in [-0.25, -0.2) is 4.68 Å². The van der Waals surface area contributed by atoms with Crippen molar-refractivity contribution in [3.63, 3.8) is 0 Å². The average molecular weight is 294 g/mol. The Balaban J connectivity index is 1.73. The van der Waals surface area contributed by atoms with Gasteiger partial charge in [-0.2, -0.15) is 0 Å². The molecule has 0 aliphatic heterocycles. The molecule has 0 aliphatic rings. The molecule has 1 amide bonds. The highest BCUT2D eigenvalue weighted by Crippen LogP contribution is 2.07. The average Bonchev–Trinajstić information content (AvgIpc) is 3.00. The van der Waals surface area contributed by atoms with Crippen molar-refractivity contribution in [3.8, 4) is 0 Å². The van der Waals surface area contributed by atoms with E-state index in [1.807, 2.05) is 17.5 Å². The maximum Gasteiger partial charge on any atom is 0.309 e. The molecule has 2 aromatic rings. The summed E-state index contributed by atoms with van der Waals surface area (Å²) in [7, 11) is 0. The number of carbonyl (C=O) groups excluding carboxylic acids is 1. The molecule has 0 saturated heterocycles. The van der Waals surface area contributed by atoms with Crippen molar-refractivity contribution in [1.29, 1.82) is 0 Å². The van der Waals surface area contributed by atoms with Gasteiger partial charge < -0.3 is 10.4 Å². The summed E-state index contributed by atoms with van der Waals surface area (Å²) in [6.07, 6.45) is 2.07. The van der Waals surface area contributed by atoms with Gasteiger partial charge in [0.05, 0.1) is 12.1 Å². The fourth-order valence-corrected chi connectivity index (χ4v) is 2.34. The van der Waals surface area contributed by atoms with Crippen molar-refractivity contribution in [1.82, 2.24) is 20.3 Å². The molecule has 0 unspecified atom stereocenters. The second-order valence-electron chi connectivity index (χ2n) is 4.16. The van der Waals surface area contributed by atoms with Crippen molar-refractivity contribution in [2.45, 2.75) is 19.4 Å². The van der Waals surface area contributed by atoms with Crippen LogP contribution in [0.25, 0.3) is 0 Å². The Morgan fingerprint density at radius 2 is 2.30 bits per heavy atom. The lowest BCUT2D eigenvalue weighted by Gasteiger charge is -2.03. The van der Waals surface area contributed by atoms with Crippen molar-refractivity contribution < 1.29 is 14.7 Å². The van der Waals surface area contributed by atoms with Crippen LogP contribution in [0.1, 0.15) is 10.6 Å². The van der Waals surface area contributed by atoms with Crippen LogP contribution in [0.15, 0.2) is 23.7 Å². The maximum absolute atomic E-state index is 11.7. The lowest BCUT2D eigenvalue weighted by molar-refractivity contribution is -0.136. The zero-order valence-corrected chi connectivity index (χ0v) is 11.5. The standard InChI is InChI=1S/C12H14N4O3S/c17-11(13-4-3-10-2-1-5-20-10)8-16-7-9(14-15-16)6-12(18)19/h1-2,5,7H,3-4,6,8H2,(H,13,17)(H,18,19). The first-order valence-corrected chi connectivity index (χ1v) is 6.91. The summed E-state index contributed by atoms with van der Waals surface area (Å²) in [5.41, 5.74) is 0.337. The molecule has 0 atom stereocenters. The van der Waals surface area contributed by atoms with Crippen LogP contribution in [0.4, 0.5) is 0 Å². The van der Waals surface area contributed by atoms with Gasteiger partial charge in [0, 0.05) is 17.6 Å². The third kappa shape index (κ3) is 4.47. The minimum absolute atomic E-state index is 0.0387. The molecule has 2 rings (SSSR count). The SMILES string of the molecule is O=C(O)Cc1cn(CC(=O)NCCc2cccs2)nn1. The number of aliphatic carboxylic acids is 1. The lowest BCUT2D eigenvalue weighted by Crippen LogP contribution is -2.29.